The van der Waals surface area contributed by atoms with E-state index < -0.39 is 0 Å². The molecule has 0 aromatic rings. The quantitative estimate of drug-likeness (QED) is 0.475. The van der Waals surface area contributed by atoms with Gasteiger partial charge in [-0.3, -0.25) is 0 Å². The SMILES string of the molecule is C=C/C(=C(/C#N)C=C(C)C)C(C)C. The van der Waals surface area contributed by atoms with E-state index in [0.717, 1.165) is 16.7 Å². The summed E-state index contributed by atoms with van der Waals surface area (Å²) in [7, 11) is 0. The normalized spacial score (nSPS) is 11.7. The van der Waals surface area contributed by atoms with Crippen LogP contribution in [-0.4, -0.2) is 0 Å². The van der Waals surface area contributed by atoms with Crippen molar-refractivity contribution in [3.05, 3.63) is 35.5 Å². The van der Waals surface area contributed by atoms with Crippen LogP contribution >= 0.6 is 0 Å². The van der Waals surface area contributed by atoms with Crippen molar-refractivity contribution in [2.75, 3.05) is 0 Å². The molecule has 0 saturated heterocycles. The number of nitriles is 1. The summed E-state index contributed by atoms with van der Waals surface area (Å²) < 4.78 is 0. The van der Waals surface area contributed by atoms with Crippen molar-refractivity contribution in [3.8, 4) is 6.07 Å². The zero-order valence-electron chi connectivity index (χ0n) is 8.89. The first kappa shape index (κ1) is 11.7. The van der Waals surface area contributed by atoms with Gasteiger partial charge in [0.05, 0.1) is 11.6 Å². The molecule has 0 aliphatic carbocycles. The van der Waals surface area contributed by atoms with Gasteiger partial charge in [-0.15, -0.1) is 0 Å². The third kappa shape index (κ3) is 3.75. The molecule has 0 unspecified atom stereocenters. The summed E-state index contributed by atoms with van der Waals surface area (Å²) in [4.78, 5) is 0. The van der Waals surface area contributed by atoms with E-state index in [1.807, 2.05) is 19.9 Å². The number of hydrogen-bond donors (Lipinski definition) is 0. The molecular formula is C12H17N. The Labute approximate surface area is 81.1 Å². The molecular weight excluding hydrogens is 158 g/mol. The van der Waals surface area contributed by atoms with Gasteiger partial charge >= 0.3 is 0 Å². The zero-order chi connectivity index (χ0) is 10.4. The third-order valence-electron chi connectivity index (χ3n) is 1.71. The Morgan fingerprint density at radius 2 is 1.92 bits per heavy atom. The Morgan fingerprint density at radius 3 is 2.15 bits per heavy atom. The van der Waals surface area contributed by atoms with Crippen molar-refractivity contribution in [2.24, 2.45) is 5.92 Å². The average molecular weight is 175 g/mol. The number of nitrogens with zero attached hydrogens (tertiary/aromatic N) is 1. The molecule has 0 saturated carbocycles. The summed E-state index contributed by atoms with van der Waals surface area (Å²) in [5.41, 5.74) is 2.88. The molecule has 1 heteroatoms. The summed E-state index contributed by atoms with van der Waals surface area (Å²) in [5, 5.41) is 8.93. The molecule has 0 fully saturated rings. The smallest absolute Gasteiger partial charge is 0.0994 e. The van der Waals surface area contributed by atoms with Crippen LogP contribution in [0.5, 0.6) is 0 Å². The third-order valence-corrected chi connectivity index (χ3v) is 1.71. The first-order chi connectivity index (χ1) is 6.02. The second-order valence-corrected chi connectivity index (χ2v) is 3.56. The van der Waals surface area contributed by atoms with Crippen LogP contribution in [0.4, 0.5) is 0 Å². The van der Waals surface area contributed by atoms with Crippen LogP contribution in [0.25, 0.3) is 0 Å². The molecule has 70 valence electrons. The highest BCUT2D eigenvalue weighted by molar-refractivity contribution is 5.44. The molecule has 0 aromatic carbocycles. The van der Waals surface area contributed by atoms with Crippen molar-refractivity contribution in [2.45, 2.75) is 27.7 Å². The molecule has 13 heavy (non-hydrogen) atoms. The van der Waals surface area contributed by atoms with Crippen molar-refractivity contribution in [1.82, 2.24) is 0 Å². The molecule has 0 radical (unpaired) electrons. The highest BCUT2D eigenvalue weighted by Crippen LogP contribution is 2.17. The van der Waals surface area contributed by atoms with Crippen LogP contribution < -0.4 is 0 Å². The average Bonchev–Trinajstić information content (AvgIpc) is 2.02. The minimum Gasteiger partial charge on any atom is -0.192 e. The minimum absolute atomic E-state index is 0.350. The van der Waals surface area contributed by atoms with Gasteiger partial charge < -0.3 is 0 Å². The maximum atomic E-state index is 8.93. The van der Waals surface area contributed by atoms with Gasteiger partial charge in [0.25, 0.3) is 0 Å². The molecule has 1 nitrogen and oxygen atoms in total. The maximum absolute atomic E-state index is 8.93. The Morgan fingerprint density at radius 1 is 1.38 bits per heavy atom. The fourth-order valence-corrected chi connectivity index (χ4v) is 1.13. The van der Waals surface area contributed by atoms with Gasteiger partial charge in [0.15, 0.2) is 0 Å². The highest BCUT2D eigenvalue weighted by Gasteiger charge is 2.04. The number of hydrogen-bond acceptors (Lipinski definition) is 1. The number of rotatable bonds is 3. The van der Waals surface area contributed by atoms with E-state index in [0.29, 0.717) is 5.92 Å². The predicted octanol–water partition coefficient (Wildman–Crippen LogP) is 3.61. The van der Waals surface area contributed by atoms with Gasteiger partial charge in [-0.2, -0.15) is 5.26 Å². The Hall–Kier alpha value is -1.29. The lowest BCUT2D eigenvalue weighted by Crippen LogP contribution is -1.94. The predicted molar refractivity (Wildman–Crippen MR) is 57.1 cm³/mol. The van der Waals surface area contributed by atoms with E-state index in [-0.39, 0.29) is 0 Å². The van der Waals surface area contributed by atoms with Crippen molar-refractivity contribution < 1.29 is 0 Å². The summed E-state index contributed by atoms with van der Waals surface area (Å²) in [6, 6.07) is 2.20. The second kappa shape index (κ2) is 5.37. The van der Waals surface area contributed by atoms with Crippen LogP contribution in [0.2, 0.25) is 0 Å². The summed E-state index contributed by atoms with van der Waals surface area (Å²) in [6.07, 6.45) is 3.67. The van der Waals surface area contributed by atoms with E-state index in [1.54, 1.807) is 6.08 Å². The molecule has 0 aliphatic rings. The standard InChI is InChI=1S/C12H17N/c1-6-12(10(4)5)11(8-13)7-9(2)3/h6-7,10H,1H2,2-5H3/b12-11-. The molecule has 0 spiro atoms. The number of allylic oxidation sites excluding steroid dienone is 5. The lowest BCUT2D eigenvalue weighted by atomic mass is 9.97. The molecule has 0 aromatic heterocycles. The minimum atomic E-state index is 0.350. The fourth-order valence-electron chi connectivity index (χ4n) is 1.13. The fraction of sp³-hybridized carbons (Fsp3) is 0.417. The van der Waals surface area contributed by atoms with E-state index in [9.17, 15) is 0 Å². The largest absolute Gasteiger partial charge is 0.192 e. The lowest BCUT2D eigenvalue weighted by molar-refractivity contribution is 0.787. The van der Waals surface area contributed by atoms with Gasteiger partial charge in [-0.05, 0) is 31.4 Å². The molecule has 0 heterocycles. The van der Waals surface area contributed by atoms with Gasteiger partial charge in [-0.25, -0.2) is 0 Å². The van der Waals surface area contributed by atoms with E-state index in [2.05, 4.69) is 26.5 Å². The van der Waals surface area contributed by atoms with Crippen molar-refractivity contribution >= 4 is 0 Å². The first-order valence-electron chi connectivity index (χ1n) is 4.44. The van der Waals surface area contributed by atoms with E-state index in [4.69, 9.17) is 5.26 Å². The van der Waals surface area contributed by atoms with Crippen LogP contribution in [0.15, 0.2) is 35.5 Å². The van der Waals surface area contributed by atoms with Crippen molar-refractivity contribution in [1.29, 1.82) is 5.26 Å². The molecule has 0 amide bonds. The topological polar surface area (TPSA) is 23.8 Å². The zero-order valence-corrected chi connectivity index (χ0v) is 8.89. The molecule has 0 rings (SSSR count). The molecule has 0 aliphatic heterocycles. The summed E-state index contributed by atoms with van der Waals surface area (Å²) >= 11 is 0. The monoisotopic (exact) mass is 175 g/mol. The van der Waals surface area contributed by atoms with Gasteiger partial charge in [0.2, 0.25) is 0 Å². The van der Waals surface area contributed by atoms with Gasteiger partial charge in [-0.1, -0.05) is 32.1 Å². The van der Waals surface area contributed by atoms with E-state index >= 15 is 0 Å². The van der Waals surface area contributed by atoms with E-state index in [1.165, 1.54) is 0 Å². The Kier molecular flexibility index (Phi) is 4.84. The Balaban J connectivity index is 5.22. The van der Waals surface area contributed by atoms with Crippen LogP contribution in [0.1, 0.15) is 27.7 Å². The van der Waals surface area contributed by atoms with Crippen LogP contribution in [-0.2, 0) is 0 Å². The second-order valence-electron chi connectivity index (χ2n) is 3.56. The summed E-state index contributed by atoms with van der Waals surface area (Å²) in [5.74, 6) is 0.350. The lowest BCUT2D eigenvalue weighted by Gasteiger charge is -2.07. The van der Waals surface area contributed by atoms with Crippen LogP contribution in [0.3, 0.4) is 0 Å². The molecule has 0 N–H and O–H groups in total. The Bertz CT molecular complexity index is 281. The molecule has 0 bridgehead atoms. The van der Waals surface area contributed by atoms with Gasteiger partial charge in [0.1, 0.15) is 0 Å². The first-order valence-corrected chi connectivity index (χ1v) is 4.44. The van der Waals surface area contributed by atoms with Crippen LogP contribution in [0, 0.1) is 17.2 Å². The molecule has 0 atom stereocenters. The van der Waals surface area contributed by atoms with Crippen molar-refractivity contribution in [3.63, 3.8) is 0 Å². The summed E-state index contributed by atoms with van der Waals surface area (Å²) in [6.45, 7) is 11.8. The van der Waals surface area contributed by atoms with Gasteiger partial charge in [0, 0.05) is 0 Å². The maximum Gasteiger partial charge on any atom is 0.0994 e. The highest BCUT2D eigenvalue weighted by atomic mass is 14.2.